The molecule has 19 heavy (non-hydrogen) atoms. The zero-order valence-corrected chi connectivity index (χ0v) is 13.5. The number of hydrogen-bond acceptors (Lipinski definition) is 3. The second kappa shape index (κ2) is 6.31. The van der Waals surface area contributed by atoms with E-state index in [0.717, 1.165) is 0 Å². The maximum Gasteiger partial charge on any atom is 0.112 e. The number of likely N-dealkylation sites (tertiary alicyclic amines) is 1. The molecule has 2 heterocycles. The average molecular weight is 281 g/mol. The maximum atomic E-state index is 4.52. The fourth-order valence-electron chi connectivity index (χ4n) is 2.72. The highest BCUT2D eigenvalue weighted by molar-refractivity contribution is 8.00. The predicted molar refractivity (Wildman–Crippen MR) is 83.8 cm³/mol. The fourth-order valence-corrected chi connectivity index (χ4v) is 3.68. The first-order valence-corrected chi connectivity index (χ1v) is 8.28. The van der Waals surface area contributed by atoms with Crippen molar-refractivity contribution in [2.75, 3.05) is 25.4 Å². The lowest BCUT2D eigenvalue weighted by Gasteiger charge is -2.33. The monoisotopic (exact) mass is 281 g/mol. The van der Waals surface area contributed by atoms with Crippen molar-refractivity contribution in [2.24, 2.45) is 7.05 Å². The van der Waals surface area contributed by atoms with E-state index >= 15 is 0 Å². The highest BCUT2D eigenvalue weighted by atomic mass is 32.2. The minimum Gasteiger partial charge on any atom is -0.338 e. The Morgan fingerprint density at radius 1 is 1.42 bits per heavy atom. The molecule has 3 nitrogen and oxygen atoms in total. The molecule has 108 valence electrons. The summed E-state index contributed by atoms with van der Waals surface area (Å²) < 4.78 is 2.56. The fraction of sp³-hybridized carbons (Fsp3) is 0.800. The van der Waals surface area contributed by atoms with Crippen LogP contribution in [0.5, 0.6) is 0 Å². The number of rotatable bonds is 4. The van der Waals surface area contributed by atoms with Gasteiger partial charge in [-0.3, -0.25) is 0 Å². The summed E-state index contributed by atoms with van der Waals surface area (Å²) in [6.45, 7) is 10.5. The molecule has 1 aromatic rings. The van der Waals surface area contributed by atoms with Gasteiger partial charge in [-0.15, -0.1) is 0 Å². The van der Waals surface area contributed by atoms with E-state index in [0.29, 0.717) is 10.7 Å². The smallest absolute Gasteiger partial charge is 0.112 e. The lowest BCUT2D eigenvalue weighted by molar-refractivity contribution is 0.214. The predicted octanol–water partition coefficient (Wildman–Crippen LogP) is 3.13. The molecular weight excluding hydrogens is 254 g/mol. The zero-order valence-electron chi connectivity index (χ0n) is 12.7. The summed E-state index contributed by atoms with van der Waals surface area (Å²) in [5.41, 5.74) is 0. The van der Waals surface area contributed by atoms with Crippen molar-refractivity contribution in [3.05, 3.63) is 18.2 Å². The summed E-state index contributed by atoms with van der Waals surface area (Å²) in [7, 11) is 2.11. The van der Waals surface area contributed by atoms with Gasteiger partial charge in [-0.1, -0.05) is 20.8 Å². The number of hydrogen-bond donors (Lipinski definition) is 0. The molecule has 0 amide bonds. The van der Waals surface area contributed by atoms with Crippen molar-refractivity contribution >= 4 is 11.8 Å². The maximum absolute atomic E-state index is 4.52. The molecule has 0 saturated carbocycles. The summed E-state index contributed by atoms with van der Waals surface area (Å²) in [4.78, 5) is 7.14. The average Bonchev–Trinajstić information content (AvgIpc) is 2.74. The summed E-state index contributed by atoms with van der Waals surface area (Å²) in [5.74, 6) is 3.11. The molecule has 1 saturated heterocycles. The molecule has 0 spiro atoms. The van der Waals surface area contributed by atoms with Crippen LogP contribution in [0.2, 0.25) is 0 Å². The molecule has 0 N–H and O–H groups in total. The van der Waals surface area contributed by atoms with E-state index < -0.39 is 0 Å². The van der Waals surface area contributed by atoms with Crippen LogP contribution in [0.25, 0.3) is 0 Å². The third-order valence-corrected chi connectivity index (χ3v) is 4.92. The van der Waals surface area contributed by atoms with E-state index in [4.69, 9.17) is 0 Å². The van der Waals surface area contributed by atoms with Crippen LogP contribution < -0.4 is 0 Å². The van der Waals surface area contributed by atoms with E-state index in [-0.39, 0.29) is 0 Å². The first-order chi connectivity index (χ1) is 8.96. The van der Waals surface area contributed by atoms with Crippen molar-refractivity contribution in [1.82, 2.24) is 14.5 Å². The van der Waals surface area contributed by atoms with Crippen molar-refractivity contribution in [2.45, 2.75) is 44.3 Å². The van der Waals surface area contributed by atoms with Gasteiger partial charge in [0.1, 0.15) is 5.82 Å². The van der Waals surface area contributed by atoms with Crippen LogP contribution in [0.1, 0.15) is 45.4 Å². The number of aryl methyl sites for hydroxylation is 1. The number of nitrogens with zero attached hydrogens (tertiary/aromatic N) is 3. The van der Waals surface area contributed by atoms with Crippen molar-refractivity contribution in [3.63, 3.8) is 0 Å². The first-order valence-electron chi connectivity index (χ1n) is 7.29. The molecule has 4 heteroatoms. The van der Waals surface area contributed by atoms with Gasteiger partial charge in [-0.05, 0) is 19.4 Å². The molecular formula is C15H27N3S. The Bertz CT molecular complexity index is 394. The van der Waals surface area contributed by atoms with E-state index in [1.54, 1.807) is 0 Å². The number of imidazole rings is 1. The van der Waals surface area contributed by atoms with Crippen LogP contribution >= 0.6 is 11.8 Å². The zero-order chi connectivity index (χ0) is 13.9. The van der Waals surface area contributed by atoms with Gasteiger partial charge in [0, 0.05) is 48.9 Å². The lowest BCUT2D eigenvalue weighted by Crippen LogP contribution is -2.37. The van der Waals surface area contributed by atoms with Crippen LogP contribution in [-0.2, 0) is 7.05 Å². The molecule has 0 aliphatic carbocycles. The second-order valence-corrected chi connectivity index (χ2v) is 8.42. The number of aromatic nitrogens is 2. The van der Waals surface area contributed by atoms with E-state index in [9.17, 15) is 0 Å². The second-order valence-electron chi connectivity index (χ2n) is 6.50. The summed E-state index contributed by atoms with van der Waals surface area (Å²) in [6.07, 6.45) is 6.57. The number of thioether (sulfide) groups is 1. The normalized spacial score (nSPS) is 21.8. The van der Waals surface area contributed by atoms with Crippen LogP contribution in [-0.4, -0.2) is 44.6 Å². The number of piperidine rings is 1. The Balaban J connectivity index is 1.83. The first kappa shape index (κ1) is 14.9. The van der Waals surface area contributed by atoms with Crippen LogP contribution in [0.15, 0.2) is 12.4 Å². The van der Waals surface area contributed by atoms with Gasteiger partial charge in [-0.2, -0.15) is 11.8 Å². The minimum atomic E-state index is 0.384. The molecule has 1 aliphatic heterocycles. The van der Waals surface area contributed by atoms with Crippen LogP contribution in [0, 0.1) is 0 Å². The molecule has 2 rings (SSSR count). The largest absolute Gasteiger partial charge is 0.338 e. The van der Waals surface area contributed by atoms with Gasteiger partial charge < -0.3 is 9.47 Å². The lowest BCUT2D eigenvalue weighted by atomic mass is 9.97. The third-order valence-electron chi connectivity index (χ3n) is 3.67. The van der Waals surface area contributed by atoms with E-state index in [1.165, 1.54) is 44.1 Å². The Morgan fingerprint density at radius 3 is 2.84 bits per heavy atom. The summed E-state index contributed by atoms with van der Waals surface area (Å²) in [5, 5.41) is 0. The van der Waals surface area contributed by atoms with Crippen molar-refractivity contribution in [1.29, 1.82) is 0 Å². The molecule has 0 radical (unpaired) electrons. The van der Waals surface area contributed by atoms with E-state index in [1.807, 2.05) is 6.20 Å². The van der Waals surface area contributed by atoms with Crippen molar-refractivity contribution < 1.29 is 0 Å². The highest BCUT2D eigenvalue weighted by Crippen LogP contribution is 2.27. The van der Waals surface area contributed by atoms with Gasteiger partial charge in [0.25, 0.3) is 0 Å². The Morgan fingerprint density at radius 2 is 2.21 bits per heavy atom. The van der Waals surface area contributed by atoms with Gasteiger partial charge in [0.15, 0.2) is 0 Å². The standard InChI is InChI=1S/C15H27N3S/c1-15(2,3)19-11-10-18-8-5-6-13(12-18)14-16-7-9-17(14)4/h7,9,13H,5-6,8,10-12H2,1-4H3/t13-/m1/s1. The molecule has 1 aromatic heterocycles. The Kier molecular flexibility index (Phi) is 4.96. The molecule has 1 aliphatic rings. The quantitative estimate of drug-likeness (QED) is 0.846. The Hall–Kier alpha value is -0.480. The molecule has 1 fully saturated rings. The van der Waals surface area contributed by atoms with Crippen molar-refractivity contribution in [3.8, 4) is 0 Å². The topological polar surface area (TPSA) is 21.1 Å². The summed E-state index contributed by atoms with van der Waals surface area (Å²) in [6, 6.07) is 0. The van der Waals surface area contributed by atoms with Gasteiger partial charge >= 0.3 is 0 Å². The van der Waals surface area contributed by atoms with Gasteiger partial charge in [0.2, 0.25) is 0 Å². The van der Waals surface area contributed by atoms with Crippen LogP contribution in [0.3, 0.4) is 0 Å². The SMILES string of the molecule is Cn1ccnc1[C@@H]1CCCN(CCSC(C)(C)C)C1. The van der Waals surface area contributed by atoms with E-state index in [2.05, 4.69) is 60.2 Å². The van der Waals surface area contributed by atoms with Crippen LogP contribution in [0.4, 0.5) is 0 Å². The van der Waals surface area contributed by atoms with Gasteiger partial charge in [0.05, 0.1) is 0 Å². The third kappa shape index (κ3) is 4.53. The summed E-state index contributed by atoms with van der Waals surface area (Å²) >= 11 is 2.07. The Labute approximate surface area is 121 Å². The minimum absolute atomic E-state index is 0.384. The molecule has 0 bridgehead atoms. The molecule has 1 atom stereocenters. The highest BCUT2D eigenvalue weighted by Gasteiger charge is 2.24. The molecule has 0 unspecified atom stereocenters. The molecule has 0 aromatic carbocycles. The van der Waals surface area contributed by atoms with Gasteiger partial charge in [-0.25, -0.2) is 4.98 Å².